The minimum atomic E-state index is -0.143. The van der Waals surface area contributed by atoms with E-state index in [1.165, 1.54) is 11.3 Å². The van der Waals surface area contributed by atoms with E-state index < -0.39 is 0 Å². The Labute approximate surface area is 104 Å². The average molecular weight is 259 g/mol. The van der Waals surface area contributed by atoms with Gasteiger partial charge in [-0.3, -0.25) is 4.79 Å². The standard InChI is InChI=1S/C11H15ClN2OS/c1-13-7-11(4-5-11)10(15)14-6-8-2-3-9(12)16-8/h2-3,13H,4-7H2,1H3,(H,14,15). The summed E-state index contributed by atoms with van der Waals surface area (Å²) in [5, 5.41) is 6.05. The van der Waals surface area contributed by atoms with Gasteiger partial charge in [-0.05, 0) is 32.0 Å². The minimum Gasteiger partial charge on any atom is -0.351 e. The van der Waals surface area contributed by atoms with Gasteiger partial charge in [-0.2, -0.15) is 0 Å². The molecular formula is C11H15ClN2OS. The molecule has 2 rings (SSSR count). The molecule has 1 saturated carbocycles. The third kappa shape index (κ3) is 2.56. The molecule has 0 aromatic carbocycles. The molecule has 1 aliphatic rings. The Bertz CT molecular complexity index is 387. The second-order valence-corrected chi connectivity index (χ2v) is 6.00. The van der Waals surface area contributed by atoms with Crippen LogP contribution in [0.25, 0.3) is 0 Å². The largest absolute Gasteiger partial charge is 0.351 e. The first-order valence-electron chi connectivity index (χ1n) is 5.33. The zero-order chi connectivity index (χ0) is 11.6. The molecule has 0 aliphatic heterocycles. The van der Waals surface area contributed by atoms with Crippen LogP contribution >= 0.6 is 22.9 Å². The molecule has 5 heteroatoms. The van der Waals surface area contributed by atoms with Crippen molar-refractivity contribution in [1.82, 2.24) is 10.6 Å². The number of thiophene rings is 1. The molecule has 3 nitrogen and oxygen atoms in total. The normalized spacial score (nSPS) is 17.1. The average Bonchev–Trinajstić information content (AvgIpc) is 2.92. The fourth-order valence-corrected chi connectivity index (χ4v) is 2.80. The van der Waals surface area contributed by atoms with Gasteiger partial charge < -0.3 is 10.6 Å². The summed E-state index contributed by atoms with van der Waals surface area (Å²) in [5.74, 6) is 0.159. The maximum absolute atomic E-state index is 11.9. The predicted molar refractivity (Wildman–Crippen MR) is 66.8 cm³/mol. The summed E-state index contributed by atoms with van der Waals surface area (Å²) in [5.41, 5.74) is -0.143. The molecule has 0 radical (unpaired) electrons. The van der Waals surface area contributed by atoms with Crippen molar-refractivity contribution < 1.29 is 4.79 Å². The second kappa shape index (κ2) is 4.73. The predicted octanol–water partition coefficient (Wildman–Crippen LogP) is 2.02. The van der Waals surface area contributed by atoms with Crippen LogP contribution in [0, 0.1) is 5.41 Å². The molecule has 88 valence electrons. The van der Waals surface area contributed by atoms with Crippen molar-refractivity contribution in [2.24, 2.45) is 5.41 Å². The van der Waals surface area contributed by atoms with E-state index in [0.717, 1.165) is 28.6 Å². The summed E-state index contributed by atoms with van der Waals surface area (Å²) in [6, 6.07) is 3.80. The van der Waals surface area contributed by atoms with Crippen molar-refractivity contribution in [3.63, 3.8) is 0 Å². The summed E-state index contributed by atoms with van der Waals surface area (Å²) in [6.45, 7) is 1.35. The third-order valence-corrected chi connectivity index (χ3v) is 4.13. The van der Waals surface area contributed by atoms with Gasteiger partial charge in [-0.25, -0.2) is 0 Å². The Kier molecular flexibility index (Phi) is 3.52. The summed E-state index contributed by atoms with van der Waals surface area (Å²) in [6.07, 6.45) is 1.98. The maximum atomic E-state index is 11.9. The number of carbonyl (C=O) groups excluding carboxylic acids is 1. The number of nitrogens with one attached hydrogen (secondary N) is 2. The molecule has 1 aromatic rings. The van der Waals surface area contributed by atoms with Crippen LogP contribution in [0.1, 0.15) is 17.7 Å². The molecule has 1 aromatic heterocycles. The zero-order valence-corrected chi connectivity index (χ0v) is 10.8. The first-order chi connectivity index (χ1) is 7.66. The van der Waals surface area contributed by atoms with E-state index in [2.05, 4.69) is 10.6 Å². The number of amides is 1. The number of hydrogen-bond acceptors (Lipinski definition) is 3. The van der Waals surface area contributed by atoms with Crippen molar-refractivity contribution in [2.75, 3.05) is 13.6 Å². The van der Waals surface area contributed by atoms with Crippen LogP contribution in [0.3, 0.4) is 0 Å². The highest BCUT2D eigenvalue weighted by atomic mass is 35.5. The van der Waals surface area contributed by atoms with E-state index >= 15 is 0 Å². The number of carbonyl (C=O) groups is 1. The Morgan fingerprint density at radius 1 is 1.56 bits per heavy atom. The van der Waals surface area contributed by atoms with Crippen LogP contribution in [0.5, 0.6) is 0 Å². The third-order valence-electron chi connectivity index (χ3n) is 2.90. The Balaban J connectivity index is 1.84. The Hall–Kier alpha value is -0.580. The van der Waals surface area contributed by atoms with Crippen LogP contribution in [-0.4, -0.2) is 19.5 Å². The summed E-state index contributed by atoms with van der Waals surface area (Å²) in [7, 11) is 1.88. The Morgan fingerprint density at radius 3 is 2.81 bits per heavy atom. The monoisotopic (exact) mass is 258 g/mol. The molecule has 2 N–H and O–H groups in total. The lowest BCUT2D eigenvalue weighted by molar-refractivity contribution is -0.126. The molecule has 1 aliphatic carbocycles. The van der Waals surface area contributed by atoms with Crippen LogP contribution < -0.4 is 10.6 Å². The van der Waals surface area contributed by atoms with E-state index in [4.69, 9.17) is 11.6 Å². The molecule has 1 heterocycles. The molecule has 0 bridgehead atoms. The highest BCUT2D eigenvalue weighted by Gasteiger charge is 2.48. The van der Waals surface area contributed by atoms with Gasteiger partial charge in [-0.15, -0.1) is 11.3 Å². The molecule has 0 unspecified atom stereocenters. The first kappa shape index (κ1) is 11.9. The summed E-state index contributed by atoms with van der Waals surface area (Å²) >= 11 is 7.33. The van der Waals surface area contributed by atoms with Gasteiger partial charge in [0.15, 0.2) is 0 Å². The number of hydrogen-bond donors (Lipinski definition) is 2. The SMILES string of the molecule is CNCC1(C(=O)NCc2ccc(Cl)s2)CC1. The summed E-state index contributed by atoms with van der Waals surface area (Å²) < 4.78 is 0.764. The van der Waals surface area contributed by atoms with Crippen LogP contribution in [0.2, 0.25) is 4.34 Å². The second-order valence-electron chi connectivity index (χ2n) is 4.20. The van der Waals surface area contributed by atoms with E-state index in [1.807, 2.05) is 19.2 Å². The van der Waals surface area contributed by atoms with Gasteiger partial charge in [0.05, 0.1) is 16.3 Å². The molecule has 16 heavy (non-hydrogen) atoms. The highest BCUT2D eigenvalue weighted by Crippen LogP contribution is 2.45. The van der Waals surface area contributed by atoms with Crippen molar-refractivity contribution in [2.45, 2.75) is 19.4 Å². The van der Waals surface area contributed by atoms with E-state index in [9.17, 15) is 4.79 Å². The zero-order valence-electron chi connectivity index (χ0n) is 9.18. The van der Waals surface area contributed by atoms with E-state index in [0.29, 0.717) is 6.54 Å². The lowest BCUT2D eigenvalue weighted by Gasteiger charge is -2.13. The van der Waals surface area contributed by atoms with E-state index in [-0.39, 0.29) is 11.3 Å². The lowest BCUT2D eigenvalue weighted by atomic mass is 10.1. The van der Waals surface area contributed by atoms with Gasteiger partial charge in [0.2, 0.25) is 5.91 Å². The van der Waals surface area contributed by atoms with E-state index in [1.54, 1.807) is 0 Å². The molecule has 0 saturated heterocycles. The van der Waals surface area contributed by atoms with Crippen molar-refractivity contribution >= 4 is 28.8 Å². The molecule has 1 fully saturated rings. The quantitative estimate of drug-likeness (QED) is 0.849. The molecular weight excluding hydrogens is 244 g/mol. The molecule has 0 atom stereocenters. The maximum Gasteiger partial charge on any atom is 0.227 e. The molecule has 1 amide bonds. The van der Waals surface area contributed by atoms with Crippen LogP contribution in [0.15, 0.2) is 12.1 Å². The van der Waals surface area contributed by atoms with Crippen molar-refractivity contribution in [1.29, 1.82) is 0 Å². The summed E-state index contributed by atoms with van der Waals surface area (Å²) in [4.78, 5) is 13.0. The number of rotatable bonds is 5. The van der Waals surface area contributed by atoms with Gasteiger partial charge in [0.1, 0.15) is 0 Å². The fourth-order valence-electron chi connectivity index (χ4n) is 1.78. The van der Waals surface area contributed by atoms with Gasteiger partial charge in [0, 0.05) is 11.4 Å². The van der Waals surface area contributed by atoms with Crippen molar-refractivity contribution in [3.05, 3.63) is 21.3 Å². The van der Waals surface area contributed by atoms with Crippen LogP contribution in [0.4, 0.5) is 0 Å². The Morgan fingerprint density at radius 2 is 2.31 bits per heavy atom. The first-order valence-corrected chi connectivity index (χ1v) is 6.53. The topological polar surface area (TPSA) is 41.1 Å². The number of halogens is 1. The molecule has 0 spiro atoms. The lowest BCUT2D eigenvalue weighted by Crippen LogP contribution is -2.37. The smallest absolute Gasteiger partial charge is 0.227 e. The highest BCUT2D eigenvalue weighted by molar-refractivity contribution is 7.16. The van der Waals surface area contributed by atoms with Crippen LogP contribution in [-0.2, 0) is 11.3 Å². The van der Waals surface area contributed by atoms with Gasteiger partial charge in [0.25, 0.3) is 0 Å². The minimum absolute atomic E-state index is 0.143. The van der Waals surface area contributed by atoms with Gasteiger partial charge in [-0.1, -0.05) is 11.6 Å². The van der Waals surface area contributed by atoms with Crippen molar-refractivity contribution in [3.8, 4) is 0 Å². The fraction of sp³-hybridized carbons (Fsp3) is 0.545. The van der Waals surface area contributed by atoms with Gasteiger partial charge >= 0.3 is 0 Å².